The lowest BCUT2D eigenvalue weighted by atomic mass is 10.1. The molecule has 33 heavy (non-hydrogen) atoms. The van der Waals surface area contributed by atoms with Crippen LogP contribution in [0.4, 0.5) is 18.9 Å². The molecular weight excluding hydrogens is 501 g/mol. The molecule has 0 aromatic heterocycles. The number of sulfone groups is 1. The molecule has 2 fully saturated rings. The molecule has 0 N–H and O–H groups in total. The maximum Gasteiger partial charge on any atom is 0.417 e. The number of ether oxygens (including phenoxy) is 1. The summed E-state index contributed by atoms with van der Waals surface area (Å²) in [7, 11) is -1.89. The van der Waals surface area contributed by atoms with E-state index in [-0.39, 0.29) is 28.8 Å². The molecule has 1 amide bonds. The van der Waals surface area contributed by atoms with Crippen LogP contribution in [-0.2, 0) is 27.2 Å². The zero-order valence-electron chi connectivity index (χ0n) is 17.2. The Balaban J connectivity index is 1.71. The number of halogens is 4. The number of aliphatic imine (C=N–C) groups is 1. The van der Waals surface area contributed by atoms with E-state index in [4.69, 9.17) is 16.3 Å². The van der Waals surface area contributed by atoms with Gasteiger partial charge >= 0.3 is 6.18 Å². The van der Waals surface area contributed by atoms with E-state index >= 15 is 0 Å². The first kappa shape index (κ1) is 23.9. The van der Waals surface area contributed by atoms with E-state index < -0.39 is 43.8 Å². The van der Waals surface area contributed by atoms with Crippen molar-refractivity contribution in [1.82, 2.24) is 0 Å². The molecule has 176 valence electrons. The maximum atomic E-state index is 13.4. The third-order valence-electron chi connectivity index (χ3n) is 5.35. The number of benzene rings is 2. The van der Waals surface area contributed by atoms with Crippen LogP contribution in [0, 0.1) is 0 Å². The van der Waals surface area contributed by atoms with Crippen LogP contribution in [0.3, 0.4) is 0 Å². The van der Waals surface area contributed by atoms with Crippen molar-refractivity contribution in [2.45, 2.75) is 23.9 Å². The minimum atomic E-state index is -4.70. The summed E-state index contributed by atoms with van der Waals surface area (Å²) in [6, 6.07) is 9.61. The molecule has 0 bridgehead atoms. The first-order valence-electron chi connectivity index (χ1n) is 9.75. The van der Waals surface area contributed by atoms with Crippen LogP contribution >= 0.6 is 23.4 Å². The van der Waals surface area contributed by atoms with Gasteiger partial charge in [-0.2, -0.15) is 18.2 Å². The predicted octanol–water partition coefficient (Wildman–Crippen LogP) is 4.21. The molecule has 0 aliphatic carbocycles. The van der Waals surface area contributed by atoms with Crippen LogP contribution in [0.1, 0.15) is 11.1 Å². The highest BCUT2D eigenvalue weighted by Crippen LogP contribution is 2.43. The van der Waals surface area contributed by atoms with Crippen molar-refractivity contribution >= 4 is 50.0 Å². The average Bonchev–Trinajstić information content (AvgIpc) is 3.18. The lowest BCUT2D eigenvalue weighted by Gasteiger charge is -2.25. The first-order valence-corrected chi connectivity index (χ1v) is 12.8. The molecule has 2 aliphatic heterocycles. The summed E-state index contributed by atoms with van der Waals surface area (Å²) < 4.78 is 69.9. The number of hydrogen-bond acceptors (Lipinski definition) is 5. The van der Waals surface area contributed by atoms with Crippen molar-refractivity contribution in [2.24, 2.45) is 4.99 Å². The SMILES string of the molecule is COc1ccccc1CC(=O)N=C1S[C@H]2CS(=O)(=O)C[C@@H]2N1c1ccc(Cl)c(C(F)(F)F)c1. The molecule has 0 spiro atoms. The second kappa shape index (κ2) is 8.84. The van der Waals surface area contributed by atoms with Crippen molar-refractivity contribution < 1.29 is 31.1 Å². The fourth-order valence-corrected chi connectivity index (χ4v) is 8.06. The second-order valence-electron chi connectivity index (χ2n) is 7.61. The summed E-state index contributed by atoms with van der Waals surface area (Å²) in [5.41, 5.74) is -0.360. The number of amides is 1. The van der Waals surface area contributed by atoms with Crippen molar-refractivity contribution in [3.05, 3.63) is 58.6 Å². The smallest absolute Gasteiger partial charge is 0.417 e. The van der Waals surface area contributed by atoms with Gasteiger partial charge in [-0.1, -0.05) is 41.6 Å². The third-order valence-corrected chi connectivity index (χ3v) is 8.89. The normalized spacial score (nSPS) is 23.1. The van der Waals surface area contributed by atoms with Gasteiger partial charge in [0.1, 0.15) is 5.75 Å². The van der Waals surface area contributed by atoms with Gasteiger partial charge in [-0.05, 0) is 24.3 Å². The zero-order valence-corrected chi connectivity index (χ0v) is 19.6. The fourth-order valence-electron chi connectivity index (χ4n) is 3.90. The number of nitrogens with zero attached hydrogens (tertiary/aromatic N) is 2. The van der Waals surface area contributed by atoms with E-state index in [2.05, 4.69) is 4.99 Å². The van der Waals surface area contributed by atoms with E-state index in [0.717, 1.165) is 23.9 Å². The van der Waals surface area contributed by atoms with Gasteiger partial charge in [0.15, 0.2) is 15.0 Å². The van der Waals surface area contributed by atoms with E-state index in [0.29, 0.717) is 11.3 Å². The van der Waals surface area contributed by atoms with Gasteiger partial charge in [0.25, 0.3) is 5.91 Å². The topological polar surface area (TPSA) is 76.0 Å². The zero-order chi connectivity index (χ0) is 24.0. The van der Waals surface area contributed by atoms with Crippen molar-refractivity contribution in [3.8, 4) is 5.75 Å². The Bertz CT molecular complexity index is 1230. The van der Waals surface area contributed by atoms with Crippen molar-refractivity contribution in [2.75, 3.05) is 23.5 Å². The van der Waals surface area contributed by atoms with E-state index in [1.807, 2.05) is 0 Å². The van der Waals surface area contributed by atoms with E-state index in [9.17, 15) is 26.4 Å². The number of rotatable bonds is 4. The number of hydrogen-bond donors (Lipinski definition) is 0. The summed E-state index contributed by atoms with van der Waals surface area (Å²) in [6.45, 7) is 0. The molecule has 4 rings (SSSR count). The summed E-state index contributed by atoms with van der Waals surface area (Å²) in [4.78, 5) is 18.3. The van der Waals surface area contributed by atoms with Crippen molar-refractivity contribution in [1.29, 1.82) is 0 Å². The second-order valence-corrected chi connectivity index (χ2v) is 11.4. The molecule has 0 unspecified atom stereocenters. The standard InChI is InChI=1S/C21H18ClF3N2O4S2/c1-31-17-5-3-2-4-12(17)8-19(28)26-20-27(16-10-33(29,30)11-18(16)32-20)13-6-7-15(22)14(9-13)21(23,24)25/h2-7,9,16,18H,8,10-11H2,1H3/t16-,18-/m0/s1. The molecule has 2 heterocycles. The van der Waals surface area contributed by atoms with E-state index in [1.54, 1.807) is 24.3 Å². The van der Waals surface area contributed by atoms with Crippen molar-refractivity contribution in [3.63, 3.8) is 0 Å². The Morgan fingerprint density at radius 2 is 1.97 bits per heavy atom. The number of thioether (sulfide) groups is 1. The highest BCUT2D eigenvalue weighted by atomic mass is 35.5. The van der Waals surface area contributed by atoms with Crippen LogP contribution in [0.5, 0.6) is 5.75 Å². The molecule has 0 saturated carbocycles. The monoisotopic (exact) mass is 518 g/mol. The summed E-state index contributed by atoms with van der Waals surface area (Å²) in [5.74, 6) is -0.399. The Labute approximate surface area is 197 Å². The van der Waals surface area contributed by atoms with Gasteiger partial charge in [0.2, 0.25) is 0 Å². The predicted molar refractivity (Wildman–Crippen MR) is 122 cm³/mol. The molecule has 2 aromatic carbocycles. The maximum absolute atomic E-state index is 13.4. The number of amidine groups is 1. The number of methoxy groups -OCH3 is 1. The van der Waals surface area contributed by atoms with Gasteiger partial charge < -0.3 is 9.64 Å². The minimum absolute atomic E-state index is 0.0765. The Hall–Kier alpha value is -2.24. The minimum Gasteiger partial charge on any atom is -0.496 e. The number of fused-ring (bicyclic) bond motifs is 1. The van der Waals surface area contributed by atoms with Crippen LogP contribution in [-0.4, -0.2) is 49.4 Å². The quantitative estimate of drug-likeness (QED) is 0.603. The average molecular weight is 519 g/mol. The largest absolute Gasteiger partial charge is 0.496 e. The fraction of sp³-hybridized carbons (Fsp3) is 0.333. The summed E-state index contributed by atoms with van der Waals surface area (Å²) >= 11 is 6.83. The van der Waals surface area contributed by atoms with Gasteiger partial charge in [0, 0.05) is 16.5 Å². The highest BCUT2D eigenvalue weighted by Gasteiger charge is 2.49. The first-order chi connectivity index (χ1) is 15.5. The third kappa shape index (κ3) is 4.99. The highest BCUT2D eigenvalue weighted by molar-refractivity contribution is 8.16. The Morgan fingerprint density at radius 3 is 2.67 bits per heavy atom. The van der Waals surface area contributed by atoms with Crippen LogP contribution < -0.4 is 9.64 Å². The van der Waals surface area contributed by atoms with Crippen LogP contribution in [0.25, 0.3) is 0 Å². The molecule has 6 nitrogen and oxygen atoms in total. The number of anilines is 1. The molecule has 2 saturated heterocycles. The number of carbonyl (C=O) groups is 1. The van der Waals surface area contributed by atoms with Crippen LogP contribution in [0.15, 0.2) is 47.5 Å². The van der Waals surface area contributed by atoms with Gasteiger partial charge in [-0.25, -0.2) is 8.42 Å². The summed E-state index contributed by atoms with van der Waals surface area (Å²) in [6.07, 6.45) is -4.78. The Kier molecular flexibility index (Phi) is 6.41. The van der Waals surface area contributed by atoms with Gasteiger partial charge in [-0.15, -0.1) is 0 Å². The molecule has 12 heteroatoms. The molecule has 2 aliphatic rings. The Morgan fingerprint density at radius 1 is 1.24 bits per heavy atom. The molecule has 2 atom stereocenters. The molecule has 0 radical (unpaired) electrons. The van der Waals surface area contributed by atoms with Gasteiger partial charge in [-0.3, -0.25) is 4.79 Å². The number of carbonyl (C=O) groups excluding carboxylic acids is 1. The molecule has 2 aromatic rings. The van der Waals surface area contributed by atoms with E-state index in [1.165, 1.54) is 18.1 Å². The molecular formula is C21H18ClF3N2O4S2. The van der Waals surface area contributed by atoms with Gasteiger partial charge in [0.05, 0.1) is 41.7 Å². The lowest BCUT2D eigenvalue weighted by Crippen LogP contribution is -2.38. The summed E-state index contributed by atoms with van der Waals surface area (Å²) in [5, 5.41) is -0.757. The lowest BCUT2D eigenvalue weighted by molar-refractivity contribution is -0.137. The number of para-hydroxylation sites is 1. The van der Waals surface area contributed by atoms with Crippen LogP contribution in [0.2, 0.25) is 5.02 Å². The number of alkyl halides is 3.